The van der Waals surface area contributed by atoms with Crippen LogP contribution in [-0.4, -0.2) is 61.4 Å². The zero-order chi connectivity index (χ0) is 27.5. The van der Waals surface area contributed by atoms with E-state index in [2.05, 4.69) is 35.6 Å². The van der Waals surface area contributed by atoms with Gasteiger partial charge < -0.3 is 0 Å². The number of rotatable bonds is 3. The summed E-state index contributed by atoms with van der Waals surface area (Å²) in [7, 11) is 0. The SMILES string of the molecule is Fc1ccc(-c2ccccn2)c(F)c1.Fc1ccc(-c2ccccn2)c(F)c1.[InH3].c1ccc(-c2nnn[nH]2)nc1. The molecule has 0 unspecified atom stereocenters. The van der Waals surface area contributed by atoms with Crippen LogP contribution in [0, 0.1) is 23.3 Å². The summed E-state index contributed by atoms with van der Waals surface area (Å²) >= 11 is 0. The fraction of sp³-hybridized carbons (Fsp3) is 0. The average molecular weight is 647 g/mol. The largest absolute Gasteiger partial charge is 0.253 e. The maximum absolute atomic E-state index is 13.3. The second-order valence-corrected chi connectivity index (χ2v) is 7.64. The molecule has 0 fully saturated rings. The van der Waals surface area contributed by atoms with E-state index in [9.17, 15) is 17.6 Å². The van der Waals surface area contributed by atoms with Crippen molar-refractivity contribution in [2.24, 2.45) is 0 Å². The number of pyridine rings is 3. The Labute approximate surface area is 245 Å². The van der Waals surface area contributed by atoms with Crippen molar-refractivity contribution in [3.8, 4) is 34.0 Å². The molecule has 6 aromatic rings. The molecule has 0 aliphatic heterocycles. The van der Waals surface area contributed by atoms with Gasteiger partial charge >= 0.3 is 25.8 Å². The minimum atomic E-state index is -0.594. The molecule has 0 amide bonds. The van der Waals surface area contributed by atoms with Crippen molar-refractivity contribution in [2.75, 3.05) is 0 Å². The molecule has 7 nitrogen and oxygen atoms in total. The van der Waals surface area contributed by atoms with E-state index in [1.807, 2.05) is 18.2 Å². The third kappa shape index (κ3) is 8.53. The Kier molecular flexibility index (Phi) is 11.5. The molecule has 0 aliphatic rings. The fourth-order valence-electron chi connectivity index (χ4n) is 3.21. The molecule has 4 aromatic heterocycles. The van der Waals surface area contributed by atoms with Crippen LogP contribution in [0.5, 0.6) is 0 Å². The van der Waals surface area contributed by atoms with Crippen molar-refractivity contribution in [2.45, 2.75) is 0 Å². The monoisotopic (exact) mass is 647 g/mol. The molecule has 200 valence electrons. The van der Waals surface area contributed by atoms with E-state index in [4.69, 9.17) is 0 Å². The normalized spacial score (nSPS) is 9.80. The van der Waals surface area contributed by atoms with Crippen LogP contribution < -0.4 is 0 Å². The van der Waals surface area contributed by atoms with E-state index in [0.29, 0.717) is 28.3 Å². The van der Waals surface area contributed by atoms with E-state index in [1.165, 1.54) is 24.3 Å². The third-order valence-corrected chi connectivity index (χ3v) is 5.00. The van der Waals surface area contributed by atoms with Gasteiger partial charge in [0, 0.05) is 41.9 Å². The quantitative estimate of drug-likeness (QED) is 0.268. The molecule has 6 rings (SSSR count). The number of hydrogen-bond donors (Lipinski definition) is 1. The molecule has 1 N–H and O–H groups in total. The molecule has 40 heavy (non-hydrogen) atoms. The summed E-state index contributed by atoms with van der Waals surface area (Å²) < 4.78 is 51.7. The number of aromatic amines is 1. The van der Waals surface area contributed by atoms with E-state index in [1.54, 1.807) is 55.0 Å². The number of tetrazole rings is 1. The summed E-state index contributed by atoms with van der Waals surface area (Å²) in [5.41, 5.74) is 2.38. The summed E-state index contributed by atoms with van der Waals surface area (Å²) in [5.74, 6) is -1.76. The molecule has 2 aromatic carbocycles. The minimum Gasteiger partial charge on any atom is -0.253 e. The van der Waals surface area contributed by atoms with Gasteiger partial charge in [-0.15, -0.1) is 5.10 Å². The average Bonchev–Trinajstić information content (AvgIpc) is 3.51. The van der Waals surface area contributed by atoms with Gasteiger partial charge in [-0.25, -0.2) is 22.7 Å². The molecule has 0 aliphatic carbocycles. The maximum Gasteiger partial charge on any atom is 0.198 e. The summed E-state index contributed by atoms with van der Waals surface area (Å²) in [5, 5.41) is 13.2. The van der Waals surface area contributed by atoms with Crippen LogP contribution in [0.1, 0.15) is 0 Å². The first kappa shape index (κ1) is 30.1. The van der Waals surface area contributed by atoms with Gasteiger partial charge in [0.15, 0.2) is 5.82 Å². The first-order chi connectivity index (χ1) is 19.0. The molecular formula is C28H22F4InN7. The standard InChI is InChI=1S/2C11H7F2N.C6H5N5.In.3H/c2*12-8-4-5-9(10(13)7-8)11-3-1-2-6-14-11;1-2-4-7-5(3-1)6-8-10-11-9-6;;;;/h2*1-7H;1-4H,(H,8,9,10,11);;;;. The van der Waals surface area contributed by atoms with Crippen LogP contribution >= 0.6 is 0 Å². The van der Waals surface area contributed by atoms with Gasteiger partial charge in [0.2, 0.25) is 0 Å². The Bertz CT molecular complexity index is 1510. The van der Waals surface area contributed by atoms with Crippen molar-refractivity contribution < 1.29 is 17.6 Å². The van der Waals surface area contributed by atoms with Crippen LogP contribution in [-0.2, 0) is 0 Å². The number of benzene rings is 2. The molecule has 0 spiro atoms. The van der Waals surface area contributed by atoms with Crippen molar-refractivity contribution >= 4 is 25.8 Å². The Balaban J connectivity index is 0.000000165. The van der Waals surface area contributed by atoms with Crippen LogP contribution in [0.4, 0.5) is 17.6 Å². The number of hydrogen-bond acceptors (Lipinski definition) is 6. The number of nitrogens with one attached hydrogen (secondary N) is 1. The van der Waals surface area contributed by atoms with Crippen LogP contribution in [0.3, 0.4) is 0 Å². The predicted octanol–water partition coefficient (Wildman–Crippen LogP) is 5.13. The second-order valence-electron chi connectivity index (χ2n) is 7.64. The van der Waals surface area contributed by atoms with E-state index in [-0.39, 0.29) is 25.8 Å². The first-order valence-corrected chi connectivity index (χ1v) is 11.4. The zero-order valence-electron chi connectivity index (χ0n) is 20.1. The van der Waals surface area contributed by atoms with Crippen molar-refractivity contribution in [1.82, 2.24) is 35.6 Å². The number of aromatic nitrogens is 7. The van der Waals surface area contributed by atoms with Gasteiger partial charge in [0.1, 0.15) is 29.0 Å². The number of H-pyrrole nitrogens is 1. The summed E-state index contributed by atoms with van der Waals surface area (Å²) in [4.78, 5) is 12.0. The predicted molar refractivity (Wildman–Crippen MR) is 147 cm³/mol. The molecular weight excluding hydrogens is 625 g/mol. The van der Waals surface area contributed by atoms with E-state index < -0.39 is 23.3 Å². The molecule has 0 atom stereocenters. The molecule has 0 saturated carbocycles. The van der Waals surface area contributed by atoms with Gasteiger partial charge in [-0.05, 0) is 71.1 Å². The smallest absolute Gasteiger partial charge is 0.198 e. The van der Waals surface area contributed by atoms with Crippen molar-refractivity contribution in [3.05, 3.63) is 133 Å². The van der Waals surface area contributed by atoms with Gasteiger partial charge in [0.05, 0.1) is 11.4 Å². The van der Waals surface area contributed by atoms with Gasteiger partial charge in [-0.2, -0.15) is 0 Å². The third-order valence-electron chi connectivity index (χ3n) is 5.00. The Morgan fingerprint density at radius 1 is 0.525 bits per heavy atom. The number of halogens is 4. The number of nitrogens with zero attached hydrogens (tertiary/aromatic N) is 6. The first-order valence-electron chi connectivity index (χ1n) is 11.4. The van der Waals surface area contributed by atoms with Crippen LogP contribution in [0.2, 0.25) is 0 Å². The van der Waals surface area contributed by atoms with Crippen molar-refractivity contribution in [3.63, 3.8) is 0 Å². The Morgan fingerprint density at radius 2 is 0.975 bits per heavy atom. The molecule has 0 radical (unpaired) electrons. The van der Waals surface area contributed by atoms with Gasteiger partial charge in [-0.3, -0.25) is 15.0 Å². The second kappa shape index (κ2) is 15.2. The van der Waals surface area contributed by atoms with Crippen LogP contribution in [0.25, 0.3) is 34.0 Å². The van der Waals surface area contributed by atoms with Gasteiger partial charge in [0.25, 0.3) is 0 Å². The van der Waals surface area contributed by atoms with Gasteiger partial charge in [-0.1, -0.05) is 18.2 Å². The molecule has 0 bridgehead atoms. The van der Waals surface area contributed by atoms with Crippen LogP contribution in [0.15, 0.2) is 110 Å². The summed E-state index contributed by atoms with van der Waals surface area (Å²) in [6.45, 7) is 0. The van der Waals surface area contributed by atoms with E-state index in [0.717, 1.165) is 17.8 Å². The topological polar surface area (TPSA) is 93.1 Å². The molecule has 12 heteroatoms. The maximum atomic E-state index is 13.3. The minimum absolute atomic E-state index is 0. The zero-order valence-corrected chi connectivity index (χ0v) is 20.1. The fourth-order valence-corrected chi connectivity index (χ4v) is 3.21. The Morgan fingerprint density at radius 3 is 1.32 bits per heavy atom. The molecule has 0 saturated heterocycles. The Hall–Kier alpha value is -4.45. The van der Waals surface area contributed by atoms with Crippen molar-refractivity contribution in [1.29, 1.82) is 0 Å². The van der Waals surface area contributed by atoms with E-state index >= 15 is 0 Å². The molecule has 4 heterocycles. The summed E-state index contributed by atoms with van der Waals surface area (Å²) in [6.07, 6.45) is 4.83. The summed E-state index contributed by atoms with van der Waals surface area (Å²) in [6, 6.07) is 22.8.